The van der Waals surface area contributed by atoms with Crippen molar-refractivity contribution < 1.29 is 4.42 Å². The first-order valence-electron chi connectivity index (χ1n) is 16.0. The maximum absolute atomic E-state index is 6.63. The molecule has 5 heteroatoms. The molecule has 0 saturated carbocycles. The number of thiophene rings is 2. The van der Waals surface area contributed by atoms with Crippen LogP contribution in [-0.2, 0) is 0 Å². The van der Waals surface area contributed by atoms with E-state index in [-0.39, 0.29) is 0 Å². The van der Waals surface area contributed by atoms with Crippen LogP contribution in [0, 0.1) is 0 Å². The summed E-state index contributed by atoms with van der Waals surface area (Å²) in [7, 11) is 0. The predicted octanol–water partition coefficient (Wildman–Crippen LogP) is 13.4. The molecule has 0 aliphatic heterocycles. The van der Waals surface area contributed by atoms with Crippen LogP contribution < -0.4 is 4.90 Å². The monoisotopic (exact) mass is 650 g/mol. The van der Waals surface area contributed by atoms with Crippen molar-refractivity contribution in [3.8, 4) is 22.6 Å². The van der Waals surface area contributed by atoms with Crippen molar-refractivity contribution in [2.45, 2.75) is 0 Å². The average Bonchev–Trinajstić information content (AvgIpc) is 3.86. The van der Waals surface area contributed by atoms with Gasteiger partial charge in [0.1, 0.15) is 5.52 Å². The summed E-state index contributed by atoms with van der Waals surface area (Å²) < 4.78 is 11.6. The second kappa shape index (κ2) is 10.9. The van der Waals surface area contributed by atoms with Gasteiger partial charge >= 0.3 is 0 Å². The SMILES string of the molecule is c1ccc(-c2cccc(N(c3ccc4c(c3)sc3ccccc34)c3cc4nc(-c5ccccc5)oc4c4c3sc3ccccc34)c2)cc1. The minimum absolute atomic E-state index is 0.628. The number of rotatable bonds is 5. The molecule has 3 nitrogen and oxygen atoms in total. The Morgan fingerprint density at radius 3 is 1.94 bits per heavy atom. The van der Waals surface area contributed by atoms with Gasteiger partial charge in [-0.05, 0) is 65.7 Å². The van der Waals surface area contributed by atoms with Gasteiger partial charge in [0.25, 0.3) is 0 Å². The minimum Gasteiger partial charge on any atom is -0.435 e. The van der Waals surface area contributed by atoms with Gasteiger partial charge in [0.2, 0.25) is 5.89 Å². The van der Waals surface area contributed by atoms with Crippen LogP contribution in [-0.4, -0.2) is 4.98 Å². The maximum atomic E-state index is 6.63. The van der Waals surface area contributed by atoms with Crippen LogP contribution in [0.25, 0.3) is 74.0 Å². The van der Waals surface area contributed by atoms with Crippen molar-refractivity contribution in [1.82, 2.24) is 4.98 Å². The van der Waals surface area contributed by atoms with Gasteiger partial charge in [-0.3, -0.25) is 0 Å². The molecule has 0 N–H and O–H groups in total. The summed E-state index contributed by atoms with van der Waals surface area (Å²) in [5, 5.41) is 4.86. The highest BCUT2D eigenvalue weighted by Gasteiger charge is 2.24. The minimum atomic E-state index is 0.628. The third-order valence-corrected chi connectivity index (χ3v) is 11.4. The zero-order valence-electron chi connectivity index (χ0n) is 25.6. The fraction of sp³-hybridized carbons (Fsp3) is 0. The van der Waals surface area contributed by atoms with Gasteiger partial charge in [-0.2, -0.15) is 0 Å². The molecule has 3 aromatic heterocycles. The van der Waals surface area contributed by atoms with Crippen LogP contribution >= 0.6 is 22.7 Å². The molecule has 0 aliphatic rings. The number of anilines is 3. The molecule has 0 radical (unpaired) electrons. The molecule has 10 aromatic rings. The van der Waals surface area contributed by atoms with Crippen molar-refractivity contribution in [2.24, 2.45) is 0 Å². The Morgan fingerprint density at radius 1 is 0.479 bits per heavy atom. The van der Waals surface area contributed by atoms with Gasteiger partial charge in [-0.1, -0.05) is 103 Å². The normalized spacial score (nSPS) is 11.8. The van der Waals surface area contributed by atoms with Crippen LogP contribution in [0.3, 0.4) is 0 Å². The van der Waals surface area contributed by atoms with Gasteiger partial charge in [0.15, 0.2) is 5.58 Å². The van der Waals surface area contributed by atoms with Gasteiger partial charge < -0.3 is 9.32 Å². The molecule has 7 aromatic carbocycles. The standard InChI is InChI=1S/C43H26N2OS2/c1-3-12-27(13-4-1)29-16-11-17-30(24-29)45(31-22-23-33-32-18-7-9-20-37(32)47-39(33)25-31)36-26-35-41(46-43(44-35)28-14-5-2-6-15-28)40-34-19-8-10-21-38(34)48-42(36)40/h1-26H. The highest BCUT2D eigenvalue weighted by Crippen LogP contribution is 2.49. The summed E-state index contributed by atoms with van der Waals surface area (Å²) in [5.41, 5.74) is 8.25. The van der Waals surface area contributed by atoms with Crippen LogP contribution in [0.15, 0.2) is 162 Å². The van der Waals surface area contributed by atoms with Crippen LogP contribution in [0.2, 0.25) is 0 Å². The second-order valence-electron chi connectivity index (χ2n) is 12.0. The molecule has 0 bridgehead atoms. The van der Waals surface area contributed by atoms with E-state index in [1.54, 1.807) is 0 Å². The van der Waals surface area contributed by atoms with Gasteiger partial charge in [-0.15, -0.1) is 22.7 Å². The molecule has 48 heavy (non-hydrogen) atoms. The van der Waals surface area contributed by atoms with E-state index in [0.29, 0.717) is 5.89 Å². The van der Waals surface area contributed by atoms with E-state index < -0.39 is 0 Å². The molecule has 3 heterocycles. The Labute approximate surface area is 284 Å². The lowest BCUT2D eigenvalue weighted by molar-refractivity contribution is 0.623. The summed E-state index contributed by atoms with van der Waals surface area (Å²) >= 11 is 3.65. The lowest BCUT2D eigenvalue weighted by atomic mass is 10.0. The molecule has 0 saturated heterocycles. The number of benzene rings is 7. The highest BCUT2D eigenvalue weighted by atomic mass is 32.1. The molecule has 0 amide bonds. The van der Waals surface area contributed by atoms with Crippen molar-refractivity contribution in [2.75, 3.05) is 4.90 Å². The molecule has 10 rings (SSSR count). The largest absolute Gasteiger partial charge is 0.435 e. The Kier molecular flexibility index (Phi) is 6.22. The summed E-state index contributed by atoms with van der Waals surface area (Å²) in [4.78, 5) is 7.51. The zero-order chi connectivity index (χ0) is 31.6. The molecule has 226 valence electrons. The molecular formula is C43H26N2OS2. The Hall–Kier alpha value is -5.75. The van der Waals surface area contributed by atoms with E-state index in [0.717, 1.165) is 39.1 Å². The summed E-state index contributed by atoms with van der Waals surface area (Å²) in [6.07, 6.45) is 0. The van der Waals surface area contributed by atoms with E-state index in [1.165, 1.54) is 46.1 Å². The smallest absolute Gasteiger partial charge is 0.227 e. The molecular weight excluding hydrogens is 625 g/mol. The molecule has 0 fully saturated rings. The predicted molar refractivity (Wildman–Crippen MR) is 205 cm³/mol. The third-order valence-electron chi connectivity index (χ3n) is 9.08. The maximum Gasteiger partial charge on any atom is 0.227 e. The average molecular weight is 651 g/mol. The molecule has 0 spiro atoms. The van der Waals surface area contributed by atoms with Crippen molar-refractivity contribution in [3.05, 3.63) is 158 Å². The first-order valence-corrected chi connectivity index (χ1v) is 17.6. The summed E-state index contributed by atoms with van der Waals surface area (Å²) in [5.74, 6) is 0.628. The Bertz CT molecular complexity index is 2790. The van der Waals surface area contributed by atoms with E-state index >= 15 is 0 Å². The molecule has 0 aliphatic carbocycles. The van der Waals surface area contributed by atoms with Gasteiger partial charge in [0.05, 0.1) is 10.4 Å². The quantitative estimate of drug-likeness (QED) is 0.186. The number of nitrogens with zero attached hydrogens (tertiary/aromatic N) is 2. The fourth-order valence-corrected chi connectivity index (χ4v) is 9.21. The lowest BCUT2D eigenvalue weighted by Gasteiger charge is -2.26. The van der Waals surface area contributed by atoms with Gasteiger partial charge in [-0.25, -0.2) is 4.98 Å². The van der Waals surface area contributed by atoms with Crippen LogP contribution in [0.5, 0.6) is 0 Å². The Balaban J connectivity index is 1.28. The first kappa shape index (κ1) is 27.4. The molecule has 0 unspecified atom stereocenters. The van der Waals surface area contributed by atoms with E-state index in [1.807, 2.05) is 40.9 Å². The Morgan fingerprint density at radius 2 is 1.12 bits per heavy atom. The number of aromatic nitrogens is 1. The first-order chi connectivity index (χ1) is 23.8. The fourth-order valence-electron chi connectivity index (χ4n) is 6.86. The van der Waals surface area contributed by atoms with Crippen molar-refractivity contribution in [3.63, 3.8) is 0 Å². The second-order valence-corrected chi connectivity index (χ2v) is 14.1. The topological polar surface area (TPSA) is 29.3 Å². The zero-order valence-corrected chi connectivity index (χ0v) is 27.3. The molecule has 0 atom stereocenters. The number of fused-ring (bicyclic) bond motifs is 8. The van der Waals surface area contributed by atoms with Crippen LogP contribution in [0.4, 0.5) is 17.1 Å². The summed E-state index contributed by atoms with van der Waals surface area (Å²) in [6, 6.07) is 56.0. The summed E-state index contributed by atoms with van der Waals surface area (Å²) in [6.45, 7) is 0. The number of hydrogen-bond acceptors (Lipinski definition) is 5. The van der Waals surface area contributed by atoms with E-state index in [9.17, 15) is 0 Å². The van der Waals surface area contributed by atoms with Crippen molar-refractivity contribution >= 4 is 91.2 Å². The number of oxazole rings is 1. The van der Waals surface area contributed by atoms with Gasteiger partial charge in [0, 0.05) is 52.6 Å². The lowest BCUT2D eigenvalue weighted by Crippen LogP contribution is -2.10. The van der Waals surface area contributed by atoms with Crippen molar-refractivity contribution in [1.29, 1.82) is 0 Å². The van der Waals surface area contributed by atoms with E-state index in [4.69, 9.17) is 9.40 Å². The van der Waals surface area contributed by atoms with E-state index in [2.05, 4.69) is 144 Å². The number of hydrogen-bond donors (Lipinski definition) is 0. The van der Waals surface area contributed by atoms with Crippen LogP contribution in [0.1, 0.15) is 0 Å². The highest BCUT2D eigenvalue weighted by molar-refractivity contribution is 7.26. The third kappa shape index (κ3) is 4.36.